The molecule has 10 heteroatoms. The Morgan fingerprint density at radius 3 is 2.30 bits per heavy atom. The zero-order valence-electron chi connectivity index (χ0n) is 24.7. The van der Waals surface area contributed by atoms with E-state index in [1.54, 1.807) is 50.4 Å². The summed E-state index contributed by atoms with van der Waals surface area (Å²) in [6.45, 7) is 6.24. The van der Waals surface area contributed by atoms with E-state index < -0.39 is 23.1 Å². The normalized spacial score (nSPS) is 16.0. The highest BCUT2D eigenvalue weighted by Gasteiger charge is 2.43. The Kier molecular flexibility index (Phi) is 8.77. The molecule has 1 atom stereocenters. The molecule has 5 rings (SSSR count). The second kappa shape index (κ2) is 12.7. The van der Waals surface area contributed by atoms with Crippen LogP contribution in [0.5, 0.6) is 5.75 Å². The molecule has 2 aliphatic rings. The first-order valence-electron chi connectivity index (χ1n) is 14.4. The number of para-hydroxylation sites is 1. The number of nitrogens with zero attached hydrogens (tertiary/aromatic N) is 3. The lowest BCUT2D eigenvalue weighted by Crippen LogP contribution is -2.58. The molecule has 0 spiro atoms. The van der Waals surface area contributed by atoms with Gasteiger partial charge in [-0.3, -0.25) is 24.1 Å². The van der Waals surface area contributed by atoms with E-state index in [1.165, 1.54) is 9.80 Å². The number of carbonyl (C=O) groups excluding carboxylic acids is 4. The van der Waals surface area contributed by atoms with Crippen LogP contribution in [0.2, 0.25) is 0 Å². The van der Waals surface area contributed by atoms with Crippen molar-refractivity contribution in [2.24, 2.45) is 0 Å². The van der Waals surface area contributed by atoms with Crippen LogP contribution in [0.1, 0.15) is 36.2 Å². The summed E-state index contributed by atoms with van der Waals surface area (Å²) < 4.78 is 10.7. The smallest absolute Gasteiger partial charge is 0.299 e. The number of Topliss-reactive ketones (excluding diaryl/α,β-unsaturated/α-hetero) is 1. The standard InChI is InChI=1S/C33H36N4O6/c1-4-33(2,32(41)34-24-11-13-25(14-12-24)35-17-19-43-20-18-35)37(21-23-9-15-26(42-3)16-10-23)29(38)22-36-28-8-6-5-7-27(28)30(39)31(36)40/h5-16H,4,17-22H2,1-3H3,(H,34,41). The van der Waals surface area contributed by atoms with E-state index in [1.807, 2.05) is 43.3 Å². The van der Waals surface area contributed by atoms with Gasteiger partial charge in [0.15, 0.2) is 0 Å². The number of ketones is 1. The number of anilines is 3. The van der Waals surface area contributed by atoms with Gasteiger partial charge in [0, 0.05) is 31.0 Å². The van der Waals surface area contributed by atoms with Crippen molar-refractivity contribution in [1.82, 2.24) is 4.90 Å². The van der Waals surface area contributed by atoms with Gasteiger partial charge in [0.05, 0.1) is 31.6 Å². The van der Waals surface area contributed by atoms with Gasteiger partial charge >= 0.3 is 0 Å². The number of carbonyl (C=O) groups is 4. The average Bonchev–Trinajstić information content (AvgIpc) is 3.29. The molecule has 1 fully saturated rings. The largest absolute Gasteiger partial charge is 0.497 e. The Bertz CT molecular complexity index is 1500. The third-order valence-corrected chi connectivity index (χ3v) is 8.25. The van der Waals surface area contributed by atoms with E-state index in [2.05, 4.69) is 10.2 Å². The van der Waals surface area contributed by atoms with E-state index in [9.17, 15) is 19.2 Å². The molecule has 43 heavy (non-hydrogen) atoms. The minimum Gasteiger partial charge on any atom is -0.497 e. The molecule has 0 aromatic heterocycles. The fraction of sp³-hybridized carbons (Fsp3) is 0.333. The van der Waals surface area contributed by atoms with Gasteiger partial charge in [-0.1, -0.05) is 31.2 Å². The minimum atomic E-state index is -1.29. The fourth-order valence-corrected chi connectivity index (χ4v) is 5.39. The van der Waals surface area contributed by atoms with Gasteiger partial charge in [-0.15, -0.1) is 0 Å². The molecule has 0 bridgehead atoms. The number of hydrogen-bond acceptors (Lipinski definition) is 7. The van der Waals surface area contributed by atoms with E-state index in [-0.39, 0.29) is 24.6 Å². The SMILES string of the molecule is CCC(C)(C(=O)Nc1ccc(N2CCOCC2)cc1)N(Cc1ccc(OC)cc1)C(=O)CN1C(=O)C(=O)c2ccccc21. The van der Waals surface area contributed by atoms with Crippen LogP contribution >= 0.6 is 0 Å². The van der Waals surface area contributed by atoms with E-state index in [0.717, 1.165) is 24.3 Å². The number of rotatable bonds is 10. The second-order valence-electron chi connectivity index (χ2n) is 10.8. The van der Waals surface area contributed by atoms with Crippen molar-refractivity contribution in [3.63, 3.8) is 0 Å². The third-order valence-electron chi connectivity index (χ3n) is 8.25. The van der Waals surface area contributed by atoms with Gasteiger partial charge in [0.1, 0.15) is 17.8 Å². The molecule has 0 saturated carbocycles. The lowest BCUT2D eigenvalue weighted by atomic mass is 9.93. The van der Waals surface area contributed by atoms with Crippen LogP contribution < -0.4 is 19.9 Å². The molecule has 3 aromatic carbocycles. The van der Waals surface area contributed by atoms with Crippen LogP contribution in [0.4, 0.5) is 17.1 Å². The maximum Gasteiger partial charge on any atom is 0.299 e. The molecule has 3 amide bonds. The van der Waals surface area contributed by atoms with Crippen LogP contribution in [0.3, 0.4) is 0 Å². The van der Waals surface area contributed by atoms with Crippen molar-refractivity contribution >= 4 is 40.6 Å². The number of fused-ring (bicyclic) bond motifs is 1. The minimum absolute atomic E-state index is 0.105. The van der Waals surface area contributed by atoms with Crippen LogP contribution in [-0.2, 0) is 25.7 Å². The summed E-state index contributed by atoms with van der Waals surface area (Å²) in [7, 11) is 1.57. The number of nitrogens with one attached hydrogen (secondary N) is 1. The van der Waals surface area contributed by atoms with Crippen molar-refractivity contribution in [3.8, 4) is 5.75 Å². The van der Waals surface area contributed by atoms with E-state index in [0.29, 0.717) is 36.8 Å². The summed E-state index contributed by atoms with van der Waals surface area (Å²) in [6, 6.07) is 21.5. The quantitative estimate of drug-likeness (QED) is 0.360. The number of amides is 3. The monoisotopic (exact) mass is 584 g/mol. The number of hydrogen-bond donors (Lipinski definition) is 1. The third kappa shape index (κ3) is 6.10. The average molecular weight is 585 g/mol. The second-order valence-corrected chi connectivity index (χ2v) is 10.8. The van der Waals surface area contributed by atoms with Gasteiger partial charge in [0.2, 0.25) is 11.8 Å². The Labute approximate surface area is 251 Å². The molecule has 3 aromatic rings. The van der Waals surface area contributed by atoms with Crippen LogP contribution in [0.15, 0.2) is 72.8 Å². The molecule has 2 heterocycles. The topological polar surface area (TPSA) is 108 Å². The Morgan fingerprint density at radius 2 is 1.65 bits per heavy atom. The zero-order valence-corrected chi connectivity index (χ0v) is 24.7. The molecule has 224 valence electrons. The van der Waals surface area contributed by atoms with Gasteiger partial charge in [-0.2, -0.15) is 0 Å². The van der Waals surface area contributed by atoms with Crippen LogP contribution in [0, 0.1) is 0 Å². The lowest BCUT2D eigenvalue weighted by molar-refractivity contribution is -0.145. The molecule has 10 nitrogen and oxygen atoms in total. The van der Waals surface area contributed by atoms with Gasteiger partial charge in [0.25, 0.3) is 11.7 Å². The predicted octanol–water partition coefficient (Wildman–Crippen LogP) is 3.90. The number of methoxy groups -OCH3 is 1. The van der Waals surface area contributed by atoms with Crippen molar-refractivity contribution in [3.05, 3.63) is 83.9 Å². The van der Waals surface area contributed by atoms with Crippen molar-refractivity contribution in [2.45, 2.75) is 32.4 Å². The van der Waals surface area contributed by atoms with E-state index >= 15 is 0 Å². The van der Waals surface area contributed by atoms with E-state index in [4.69, 9.17) is 9.47 Å². The lowest BCUT2D eigenvalue weighted by Gasteiger charge is -2.40. The first-order chi connectivity index (χ1) is 20.7. The molecule has 0 aliphatic carbocycles. The van der Waals surface area contributed by atoms with Crippen molar-refractivity contribution < 1.29 is 28.7 Å². The zero-order chi connectivity index (χ0) is 30.6. The fourth-order valence-electron chi connectivity index (χ4n) is 5.39. The molecule has 0 radical (unpaired) electrons. The maximum absolute atomic E-state index is 14.1. The van der Waals surface area contributed by atoms with Crippen molar-refractivity contribution in [2.75, 3.05) is 55.1 Å². The molecule has 1 unspecified atom stereocenters. The molecule has 2 aliphatic heterocycles. The Hall–Kier alpha value is -4.70. The Morgan fingerprint density at radius 1 is 0.977 bits per heavy atom. The number of ether oxygens (including phenoxy) is 2. The van der Waals surface area contributed by atoms with Crippen molar-refractivity contribution in [1.29, 1.82) is 0 Å². The highest BCUT2D eigenvalue weighted by molar-refractivity contribution is 6.52. The summed E-state index contributed by atoms with van der Waals surface area (Å²) >= 11 is 0. The summed E-state index contributed by atoms with van der Waals surface area (Å²) in [4.78, 5) is 58.4. The van der Waals surface area contributed by atoms with Gasteiger partial charge < -0.3 is 24.6 Å². The van der Waals surface area contributed by atoms with Crippen LogP contribution in [-0.4, -0.2) is 73.9 Å². The summed E-state index contributed by atoms with van der Waals surface area (Å²) in [5.41, 5.74) is 1.79. The molecular weight excluding hydrogens is 548 g/mol. The molecule has 1 saturated heterocycles. The van der Waals surface area contributed by atoms with Crippen LogP contribution in [0.25, 0.3) is 0 Å². The summed E-state index contributed by atoms with van der Waals surface area (Å²) in [6.07, 6.45) is 0.302. The summed E-state index contributed by atoms with van der Waals surface area (Å²) in [5.74, 6) is -1.57. The highest BCUT2D eigenvalue weighted by Crippen LogP contribution is 2.31. The highest BCUT2D eigenvalue weighted by atomic mass is 16.5. The van der Waals surface area contributed by atoms with Gasteiger partial charge in [-0.25, -0.2) is 0 Å². The summed E-state index contributed by atoms with van der Waals surface area (Å²) in [5, 5.41) is 3.00. The Balaban J connectivity index is 1.41. The first-order valence-corrected chi connectivity index (χ1v) is 14.4. The predicted molar refractivity (Wildman–Crippen MR) is 163 cm³/mol. The maximum atomic E-state index is 14.1. The molecule has 1 N–H and O–H groups in total. The first kappa shape index (κ1) is 29.8. The molecular formula is C33H36N4O6. The van der Waals surface area contributed by atoms with Gasteiger partial charge in [-0.05, 0) is 67.4 Å². The number of benzene rings is 3. The number of morpholine rings is 1.